The third-order valence-corrected chi connectivity index (χ3v) is 7.84. The number of amides is 1. The SMILES string of the molecule is [2H]C([2H])([2H])N1C(=O)c2cccc(OC(F)F)c2[C@H]2C[C@@H]1c1nc3ccc(-c4cnc5c(c4)CC[C@]5(C)O)cc3n12. The first kappa shape index (κ1) is 19.3. The van der Waals surface area contributed by atoms with Gasteiger partial charge in [0, 0.05) is 40.4 Å². The highest BCUT2D eigenvalue weighted by Crippen LogP contribution is 2.50. The molecule has 3 atom stereocenters. The smallest absolute Gasteiger partial charge is 0.387 e. The van der Waals surface area contributed by atoms with Gasteiger partial charge in [0.2, 0.25) is 0 Å². The molecule has 7 rings (SSSR count). The number of benzene rings is 2. The molecular formula is C28H24F2N4O3. The molecule has 3 aliphatic rings. The van der Waals surface area contributed by atoms with Crippen LogP contribution in [0.25, 0.3) is 22.2 Å². The molecule has 37 heavy (non-hydrogen) atoms. The summed E-state index contributed by atoms with van der Waals surface area (Å²) in [6, 6.07) is 10.3. The van der Waals surface area contributed by atoms with Crippen LogP contribution in [0, 0.1) is 0 Å². The fourth-order valence-corrected chi connectivity index (χ4v) is 6.13. The van der Waals surface area contributed by atoms with Crippen LogP contribution in [-0.2, 0) is 12.0 Å². The van der Waals surface area contributed by atoms with Gasteiger partial charge in [-0.1, -0.05) is 12.1 Å². The minimum Gasteiger partial charge on any atom is -0.434 e. The standard InChI is InChI=1S/C28H24F2N4O3/c1-28(36)9-8-15-10-16(13-31-24(15)28)14-6-7-18-19(11-14)34-20-12-21(25(34)32-18)33(2)26(35)17-4-3-5-22(23(17)20)37-27(29)30/h3-7,10-11,13,20-21,27,36H,8-9,12H2,1-2H3/t20-,21-,28+/m1/s1/i2D3. The second-order valence-corrected chi connectivity index (χ2v) is 10.1. The lowest BCUT2D eigenvalue weighted by atomic mass is 9.97. The third kappa shape index (κ3) is 3.16. The highest BCUT2D eigenvalue weighted by molar-refractivity contribution is 5.98. The Morgan fingerprint density at radius 2 is 2.08 bits per heavy atom. The first-order valence-corrected chi connectivity index (χ1v) is 12.1. The number of halogens is 2. The van der Waals surface area contributed by atoms with Gasteiger partial charge >= 0.3 is 6.61 Å². The van der Waals surface area contributed by atoms with Gasteiger partial charge < -0.3 is 19.3 Å². The first-order chi connectivity index (χ1) is 18.9. The number of imidazole rings is 1. The van der Waals surface area contributed by atoms with Gasteiger partial charge in [0.15, 0.2) is 0 Å². The van der Waals surface area contributed by atoms with E-state index in [4.69, 9.17) is 13.8 Å². The number of rotatable bonds is 3. The van der Waals surface area contributed by atoms with Crippen LogP contribution >= 0.6 is 0 Å². The van der Waals surface area contributed by atoms with Crippen LogP contribution in [0.2, 0.25) is 0 Å². The lowest BCUT2D eigenvalue weighted by Gasteiger charge is -2.24. The first-order valence-electron chi connectivity index (χ1n) is 13.6. The molecule has 0 saturated carbocycles. The number of carbonyl (C=O) groups excluding carboxylic acids is 1. The average molecular weight is 506 g/mol. The maximum absolute atomic E-state index is 13.6. The Morgan fingerprint density at radius 3 is 2.89 bits per heavy atom. The molecule has 4 aromatic rings. The van der Waals surface area contributed by atoms with E-state index in [1.54, 1.807) is 13.1 Å². The summed E-state index contributed by atoms with van der Waals surface area (Å²) in [6.07, 6.45) is 3.17. The second kappa shape index (κ2) is 7.58. The summed E-state index contributed by atoms with van der Waals surface area (Å²) in [5.41, 5.74) is 3.84. The molecule has 0 spiro atoms. The lowest BCUT2D eigenvalue weighted by Crippen LogP contribution is -2.30. The van der Waals surface area contributed by atoms with Gasteiger partial charge in [-0.3, -0.25) is 9.78 Å². The van der Waals surface area contributed by atoms with E-state index in [-0.39, 0.29) is 23.3 Å². The van der Waals surface area contributed by atoms with E-state index in [1.807, 2.05) is 28.8 Å². The van der Waals surface area contributed by atoms with Gasteiger partial charge in [-0.2, -0.15) is 8.78 Å². The van der Waals surface area contributed by atoms with Crippen molar-refractivity contribution in [1.82, 2.24) is 19.4 Å². The molecule has 9 heteroatoms. The fourth-order valence-electron chi connectivity index (χ4n) is 6.13. The van der Waals surface area contributed by atoms with Crippen molar-refractivity contribution in [2.45, 2.75) is 50.5 Å². The molecule has 2 aromatic carbocycles. The zero-order chi connectivity index (χ0) is 28.1. The maximum atomic E-state index is 13.6. The van der Waals surface area contributed by atoms with E-state index in [9.17, 15) is 18.7 Å². The van der Waals surface area contributed by atoms with Crippen LogP contribution in [0.5, 0.6) is 5.75 Å². The summed E-state index contributed by atoms with van der Waals surface area (Å²) in [6.45, 7) is -4.16. The number of aromatic nitrogens is 3. The van der Waals surface area contributed by atoms with Gasteiger partial charge in [-0.25, -0.2) is 4.98 Å². The Labute approximate surface area is 215 Å². The Hall–Kier alpha value is -3.85. The maximum Gasteiger partial charge on any atom is 0.387 e. The van der Waals surface area contributed by atoms with E-state index < -0.39 is 37.2 Å². The molecule has 4 heterocycles. The van der Waals surface area contributed by atoms with Crippen molar-refractivity contribution in [3.05, 3.63) is 76.9 Å². The van der Waals surface area contributed by atoms with Gasteiger partial charge in [-0.05, 0) is 61.2 Å². The van der Waals surface area contributed by atoms with E-state index in [2.05, 4.69) is 4.98 Å². The van der Waals surface area contributed by atoms with Gasteiger partial charge in [-0.15, -0.1) is 0 Å². The van der Waals surface area contributed by atoms with E-state index in [1.165, 1.54) is 18.2 Å². The third-order valence-electron chi connectivity index (χ3n) is 7.84. The molecule has 7 nitrogen and oxygen atoms in total. The Bertz CT molecular complexity index is 1720. The molecule has 2 aromatic heterocycles. The highest BCUT2D eigenvalue weighted by Gasteiger charge is 2.45. The number of aryl methyl sites for hydroxylation is 1. The molecule has 2 bridgehead atoms. The van der Waals surface area contributed by atoms with Crippen LogP contribution in [0.15, 0.2) is 48.7 Å². The number of aliphatic hydroxyl groups is 1. The average Bonchev–Trinajstić information content (AvgIpc) is 3.49. The minimum absolute atomic E-state index is 0.0142. The number of hydrogen-bond acceptors (Lipinski definition) is 5. The Kier molecular flexibility index (Phi) is 3.95. The van der Waals surface area contributed by atoms with Crippen LogP contribution in [0.3, 0.4) is 0 Å². The highest BCUT2D eigenvalue weighted by atomic mass is 19.3. The molecule has 0 radical (unpaired) electrons. The molecule has 2 aliphatic heterocycles. The topological polar surface area (TPSA) is 80.5 Å². The van der Waals surface area contributed by atoms with E-state index in [0.717, 1.165) is 21.6 Å². The lowest BCUT2D eigenvalue weighted by molar-refractivity contribution is -0.0507. The van der Waals surface area contributed by atoms with Gasteiger partial charge in [0.25, 0.3) is 5.91 Å². The molecule has 1 aliphatic carbocycles. The molecule has 1 N–H and O–H groups in total. The monoisotopic (exact) mass is 505 g/mol. The van der Waals surface area contributed by atoms with Crippen LogP contribution in [0.4, 0.5) is 8.78 Å². The van der Waals surface area contributed by atoms with Crippen LogP contribution in [0.1, 0.15) is 69.0 Å². The van der Waals surface area contributed by atoms with Crippen LogP contribution in [-0.4, -0.2) is 44.0 Å². The van der Waals surface area contributed by atoms with Crippen molar-refractivity contribution in [3.63, 3.8) is 0 Å². The predicted octanol–water partition coefficient (Wildman–Crippen LogP) is 4.97. The minimum atomic E-state index is -3.13. The van der Waals surface area contributed by atoms with Crippen molar-refractivity contribution in [2.24, 2.45) is 0 Å². The quantitative estimate of drug-likeness (QED) is 0.425. The number of pyridine rings is 1. The number of alkyl halides is 2. The Morgan fingerprint density at radius 1 is 1.22 bits per heavy atom. The zero-order valence-corrected chi connectivity index (χ0v) is 19.8. The molecule has 0 saturated heterocycles. The largest absolute Gasteiger partial charge is 0.434 e. The van der Waals surface area contributed by atoms with E-state index >= 15 is 0 Å². The molecule has 188 valence electrons. The Balaban J connectivity index is 1.43. The van der Waals surface area contributed by atoms with Crippen molar-refractivity contribution >= 4 is 16.9 Å². The number of ether oxygens (including phenoxy) is 1. The molecule has 0 fully saturated rings. The van der Waals surface area contributed by atoms with E-state index in [0.29, 0.717) is 35.4 Å². The normalized spacial score (nSPS) is 25.4. The number of nitrogens with zero attached hydrogens (tertiary/aromatic N) is 4. The zero-order valence-electron chi connectivity index (χ0n) is 22.8. The van der Waals surface area contributed by atoms with Crippen LogP contribution < -0.4 is 4.74 Å². The summed E-state index contributed by atoms with van der Waals surface area (Å²) in [7, 11) is 0. The predicted molar refractivity (Wildman–Crippen MR) is 132 cm³/mol. The number of carbonyl (C=O) groups is 1. The number of hydrogen-bond donors (Lipinski definition) is 1. The van der Waals surface area contributed by atoms with Crippen molar-refractivity contribution in [1.29, 1.82) is 0 Å². The summed E-state index contributed by atoms with van der Waals surface area (Å²) in [4.78, 5) is 23.7. The second-order valence-electron chi connectivity index (χ2n) is 10.1. The van der Waals surface area contributed by atoms with Crippen molar-refractivity contribution < 1.29 is 27.5 Å². The van der Waals surface area contributed by atoms with Crippen molar-refractivity contribution in [2.75, 3.05) is 6.98 Å². The summed E-state index contributed by atoms with van der Waals surface area (Å²) < 4.78 is 58.0. The summed E-state index contributed by atoms with van der Waals surface area (Å²) in [5, 5.41) is 10.6. The number of fused-ring (bicyclic) bond motifs is 10. The summed E-state index contributed by atoms with van der Waals surface area (Å²) >= 11 is 0. The molecule has 0 unspecified atom stereocenters. The van der Waals surface area contributed by atoms with Gasteiger partial charge in [0.05, 0.1) is 28.8 Å². The molecular weight excluding hydrogens is 478 g/mol. The molecule has 1 amide bonds. The van der Waals surface area contributed by atoms with Gasteiger partial charge in [0.1, 0.15) is 17.2 Å². The van der Waals surface area contributed by atoms with Crippen molar-refractivity contribution in [3.8, 4) is 16.9 Å². The summed E-state index contributed by atoms with van der Waals surface area (Å²) in [5.74, 6) is -0.568. The fraction of sp³-hybridized carbons (Fsp3) is 0.321.